The van der Waals surface area contributed by atoms with Crippen LogP contribution in [-0.4, -0.2) is 24.6 Å². The lowest BCUT2D eigenvalue weighted by atomic mass is 9.90. The van der Waals surface area contributed by atoms with Crippen molar-refractivity contribution in [1.29, 1.82) is 0 Å². The van der Waals surface area contributed by atoms with Crippen molar-refractivity contribution in [1.82, 2.24) is 0 Å². The molecule has 6 heteroatoms. The molecule has 0 saturated carbocycles. The molecule has 0 unspecified atom stereocenters. The second kappa shape index (κ2) is 7.25. The molecular formula is C19H20F3NO2. The van der Waals surface area contributed by atoms with E-state index < -0.39 is 6.36 Å². The summed E-state index contributed by atoms with van der Waals surface area (Å²) in [5, 5.41) is 9.33. The van der Waals surface area contributed by atoms with Crippen LogP contribution in [0.15, 0.2) is 48.5 Å². The monoisotopic (exact) mass is 351 g/mol. The summed E-state index contributed by atoms with van der Waals surface area (Å²) in [5.41, 5.74) is 2.13. The van der Waals surface area contributed by atoms with E-state index in [0.29, 0.717) is 5.92 Å². The second-order valence-electron chi connectivity index (χ2n) is 6.34. The predicted octanol–water partition coefficient (Wildman–Crippen LogP) is 4.75. The molecular weight excluding hydrogens is 331 g/mol. The van der Waals surface area contributed by atoms with Crippen LogP contribution in [0.4, 0.5) is 18.9 Å². The minimum Gasteiger partial charge on any atom is -0.508 e. The first-order valence-electron chi connectivity index (χ1n) is 8.28. The molecule has 1 fully saturated rings. The molecule has 1 N–H and O–H groups in total. The highest BCUT2D eigenvalue weighted by molar-refractivity contribution is 5.49. The standard InChI is InChI=1S/C19H20F3NO2/c20-19(21,22)25-18-7-3-16(4-8-18)23-11-9-15(10-12-23)13-14-1-5-17(24)6-2-14/h1-8,15,24H,9-13H2. The maximum atomic E-state index is 12.2. The Morgan fingerprint density at radius 3 is 2.12 bits per heavy atom. The molecule has 0 aliphatic carbocycles. The minimum atomic E-state index is -4.66. The molecule has 1 aliphatic heterocycles. The summed E-state index contributed by atoms with van der Waals surface area (Å²) in [4.78, 5) is 2.19. The van der Waals surface area contributed by atoms with Crippen LogP contribution >= 0.6 is 0 Å². The van der Waals surface area contributed by atoms with Crippen LogP contribution < -0.4 is 9.64 Å². The third-order valence-corrected chi connectivity index (χ3v) is 4.51. The number of alkyl halides is 3. The second-order valence-corrected chi connectivity index (χ2v) is 6.34. The van der Waals surface area contributed by atoms with Gasteiger partial charge in [0.1, 0.15) is 11.5 Å². The Morgan fingerprint density at radius 2 is 1.56 bits per heavy atom. The first kappa shape index (κ1) is 17.5. The third-order valence-electron chi connectivity index (χ3n) is 4.51. The highest BCUT2D eigenvalue weighted by Crippen LogP contribution is 2.29. The van der Waals surface area contributed by atoms with E-state index in [9.17, 15) is 18.3 Å². The van der Waals surface area contributed by atoms with Gasteiger partial charge < -0.3 is 14.7 Å². The minimum absolute atomic E-state index is 0.196. The first-order chi connectivity index (χ1) is 11.9. The molecule has 1 saturated heterocycles. The van der Waals surface area contributed by atoms with Crippen molar-refractivity contribution in [3.8, 4) is 11.5 Å². The average Bonchev–Trinajstić information content (AvgIpc) is 2.57. The van der Waals surface area contributed by atoms with E-state index in [1.54, 1.807) is 24.3 Å². The van der Waals surface area contributed by atoms with Crippen molar-refractivity contribution in [2.45, 2.75) is 25.6 Å². The molecule has 0 atom stereocenters. The first-order valence-corrected chi connectivity index (χ1v) is 8.28. The average molecular weight is 351 g/mol. The van der Waals surface area contributed by atoms with Crippen molar-refractivity contribution in [3.05, 3.63) is 54.1 Å². The third kappa shape index (κ3) is 5.05. The zero-order chi connectivity index (χ0) is 17.9. The number of aromatic hydroxyl groups is 1. The van der Waals surface area contributed by atoms with E-state index in [0.717, 1.165) is 38.0 Å². The molecule has 1 heterocycles. The molecule has 3 rings (SSSR count). The number of benzene rings is 2. The van der Waals surface area contributed by atoms with Crippen molar-refractivity contribution < 1.29 is 23.0 Å². The van der Waals surface area contributed by atoms with E-state index in [4.69, 9.17) is 0 Å². The Kier molecular flexibility index (Phi) is 5.06. The number of anilines is 1. The van der Waals surface area contributed by atoms with Gasteiger partial charge in [0.05, 0.1) is 0 Å². The molecule has 2 aromatic rings. The fourth-order valence-corrected chi connectivity index (χ4v) is 3.22. The molecule has 3 nitrogen and oxygen atoms in total. The number of hydrogen-bond acceptors (Lipinski definition) is 3. The summed E-state index contributed by atoms with van der Waals surface area (Å²) >= 11 is 0. The van der Waals surface area contributed by atoms with E-state index in [-0.39, 0.29) is 11.5 Å². The Morgan fingerprint density at radius 1 is 0.960 bits per heavy atom. The van der Waals surface area contributed by atoms with E-state index >= 15 is 0 Å². The quantitative estimate of drug-likeness (QED) is 0.863. The van der Waals surface area contributed by atoms with Gasteiger partial charge in [-0.25, -0.2) is 0 Å². The van der Waals surface area contributed by atoms with Gasteiger partial charge in [0.2, 0.25) is 0 Å². The molecule has 0 radical (unpaired) electrons. The number of nitrogens with zero attached hydrogens (tertiary/aromatic N) is 1. The summed E-state index contributed by atoms with van der Waals surface area (Å²) in [7, 11) is 0. The molecule has 1 aliphatic rings. The highest BCUT2D eigenvalue weighted by Gasteiger charge is 2.31. The Hall–Kier alpha value is -2.37. The number of piperidine rings is 1. The molecule has 134 valence electrons. The predicted molar refractivity (Wildman–Crippen MR) is 89.9 cm³/mol. The lowest BCUT2D eigenvalue weighted by molar-refractivity contribution is -0.274. The lowest BCUT2D eigenvalue weighted by Gasteiger charge is -2.33. The van der Waals surface area contributed by atoms with Crippen LogP contribution in [0.1, 0.15) is 18.4 Å². The molecule has 2 aromatic carbocycles. The zero-order valence-corrected chi connectivity index (χ0v) is 13.7. The fraction of sp³-hybridized carbons (Fsp3) is 0.368. The molecule has 0 amide bonds. The SMILES string of the molecule is Oc1ccc(CC2CCN(c3ccc(OC(F)(F)F)cc3)CC2)cc1. The van der Waals surface area contributed by atoms with Gasteiger partial charge in [0.25, 0.3) is 0 Å². The maximum absolute atomic E-state index is 12.2. The number of phenolic OH excluding ortho intramolecular Hbond substituents is 1. The Bertz CT molecular complexity index is 675. The smallest absolute Gasteiger partial charge is 0.508 e. The summed E-state index contributed by atoms with van der Waals surface area (Å²) in [5.74, 6) is 0.656. The van der Waals surface area contributed by atoms with Crippen LogP contribution in [0.25, 0.3) is 0 Å². The summed E-state index contributed by atoms with van der Waals surface area (Å²) in [6, 6.07) is 13.3. The van der Waals surface area contributed by atoms with Gasteiger partial charge in [-0.1, -0.05) is 12.1 Å². The van der Waals surface area contributed by atoms with E-state index in [1.807, 2.05) is 12.1 Å². The maximum Gasteiger partial charge on any atom is 0.573 e. The van der Waals surface area contributed by atoms with Crippen LogP contribution in [0.2, 0.25) is 0 Å². The van der Waals surface area contributed by atoms with Gasteiger partial charge in [-0.15, -0.1) is 13.2 Å². The van der Waals surface area contributed by atoms with Crippen molar-refractivity contribution in [2.24, 2.45) is 5.92 Å². The Balaban J connectivity index is 1.52. The van der Waals surface area contributed by atoms with Crippen LogP contribution in [0, 0.1) is 5.92 Å². The fourth-order valence-electron chi connectivity index (χ4n) is 3.22. The van der Waals surface area contributed by atoms with Gasteiger partial charge in [-0.05, 0) is 67.1 Å². The van der Waals surface area contributed by atoms with Gasteiger partial charge in [0, 0.05) is 18.8 Å². The number of phenols is 1. The van der Waals surface area contributed by atoms with Crippen LogP contribution in [0.3, 0.4) is 0 Å². The van der Waals surface area contributed by atoms with Crippen LogP contribution in [-0.2, 0) is 6.42 Å². The van der Waals surface area contributed by atoms with Gasteiger partial charge in [0.15, 0.2) is 0 Å². The summed E-state index contributed by atoms with van der Waals surface area (Å²) in [6.45, 7) is 1.75. The van der Waals surface area contributed by atoms with Crippen molar-refractivity contribution >= 4 is 5.69 Å². The zero-order valence-electron chi connectivity index (χ0n) is 13.7. The number of hydrogen-bond donors (Lipinski definition) is 1. The highest BCUT2D eigenvalue weighted by atomic mass is 19.4. The number of rotatable bonds is 4. The molecule has 25 heavy (non-hydrogen) atoms. The van der Waals surface area contributed by atoms with Gasteiger partial charge >= 0.3 is 6.36 Å². The molecule has 0 spiro atoms. The normalized spacial score (nSPS) is 16.0. The van der Waals surface area contributed by atoms with E-state index in [1.165, 1.54) is 17.7 Å². The van der Waals surface area contributed by atoms with Crippen LogP contribution in [0.5, 0.6) is 11.5 Å². The van der Waals surface area contributed by atoms with Crippen molar-refractivity contribution in [3.63, 3.8) is 0 Å². The topological polar surface area (TPSA) is 32.7 Å². The molecule has 0 aromatic heterocycles. The Labute approximate surface area is 144 Å². The summed E-state index contributed by atoms with van der Waals surface area (Å²) in [6.07, 6.45) is -1.62. The molecule has 0 bridgehead atoms. The number of ether oxygens (including phenoxy) is 1. The number of halogens is 3. The van der Waals surface area contributed by atoms with Crippen molar-refractivity contribution in [2.75, 3.05) is 18.0 Å². The van der Waals surface area contributed by atoms with Gasteiger partial charge in [-0.2, -0.15) is 0 Å². The van der Waals surface area contributed by atoms with Gasteiger partial charge in [-0.3, -0.25) is 0 Å². The largest absolute Gasteiger partial charge is 0.573 e. The van der Waals surface area contributed by atoms with E-state index in [2.05, 4.69) is 9.64 Å². The summed E-state index contributed by atoms with van der Waals surface area (Å²) < 4.78 is 40.5. The lowest BCUT2D eigenvalue weighted by Crippen LogP contribution is -2.34.